The molecule has 4 aromatic rings. The number of nitrogens with zero attached hydrogens (tertiary/aromatic N) is 5. The Morgan fingerprint density at radius 1 is 1.03 bits per heavy atom. The third kappa shape index (κ3) is 3.63. The first kappa shape index (κ1) is 21.7. The van der Waals surface area contributed by atoms with E-state index in [2.05, 4.69) is 16.1 Å². The highest BCUT2D eigenvalue weighted by Crippen LogP contribution is 2.33. The Hall–Kier alpha value is -3.85. The molecule has 1 fully saturated rings. The number of fused-ring (bicyclic) bond motifs is 4. The van der Waals surface area contributed by atoms with Crippen LogP contribution in [-0.2, 0) is 18.4 Å². The molecule has 9 nitrogen and oxygen atoms in total. The SMILES string of the molecule is C[C@@H](C(=O)N1CCN(Cc2ccc3c(c2)OCO3)CC1)n1c2ccccc2c2cnn(C)c(=O)c21. The van der Waals surface area contributed by atoms with Gasteiger partial charge in [-0.05, 0) is 30.7 Å². The average molecular weight is 474 g/mol. The standard InChI is InChI=1S/C26H27N5O4/c1-17(31-21-6-4-3-5-19(21)20-14-27-28(2)26(33)24(20)31)25(32)30-11-9-29(10-12-30)15-18-7-8-22-23(13-18)35-16-34-22/h3-8,13-14,17H,9-12,15-16H2,1-2H3/t17-/m0/s1. The Balaban J connectivity index is 1.21. The van der Waals surface area contributed by atoms with Crippen molar-refractivity contribution in [2.24, 2.45) is 7.05 Å². The highest BCUT2D eigenvalue weighted by atomic mass is 16.7. The van der Waals surface area contributed by atoms with E-state index in [0.29, 0.717) is 18.6 Å². The summed E-state index contributed by atoms with van der Waals surface area (Å²) in [5.74, 6) is 1.60. The highest BCUT2D eigenvalue weighted by Gasteiger charge is 2.29. The fourth-order valence-electron chi connectivity index (χ4n) is 5.19. The first-order chi connectivity index (χ1) is 17.0. The van der Waals surface area contributed by atoms with Crippen LogP contribution in [0.5, 0.6) is 11.5 Å². The van der Waals surface area contributed by atoms with Crippen molar-refractivity contribution in [3.05, 3.63) is 64.6 Å². The molecule has 180 valence electrons. The molecule has 0 aliphatic carbocycles. The summed E-state index contributed by atoms with van der Waals surface area (Å²) in [5.41, 5.74) is 2.35. The third-order valence-electron chi connectivity index (χ3n) is 7.08. The van der Waals surface area contributed by atoms with Crippen molar-refractivity contribution in [3.63, 3.8) is 0 Å². The van der Waals surface area contributed by atoms with Gasteiger partial charge in [-0.15, -0.1) is 0 Å². The van der Waals surface area contributed by atoms with Crippen LogP contribution < -0.4 is 15.0 Å². The lowest BCUT2D eigenvalue weighted by Crippen LogP contribution is -2.50. The summed E-state index contributed by atoms with van der Waals surface area (Å²) in [5, 5.41) is 5.91. The maximum atomic E-state index is 13.6. The second-order valence-electron chi connectivity index (χ2n) is 9.19. The minimum absolute atomic E-state index is 0.0225. The van der Waals surface area contributed by atoms with Gasteiger partial charge in [0.25, 0.3) is 5.56 Å². The number of carbonyl (C=O) groups is 1. The van der Waals surface area contributed by atoms with Crippen LogP contribution in [0.15, 0.2) is 53.5 Å². The summed E-state index contributed by atoms with van der Waals surface area (Å²) in [7, 11) is 1.63. The summed E-state index contributed by atoms with van der Waals surface area (Å²) in [6.07, 6.45) is 1.71. The molecule has 0 unspecified atom stereocenters. The average Bonchev–Trinajstić information content (AvgIpc) is 3.48. The lowest BCUT2D eigenvalue weighted by Gasteiger charge is -2.36. The Labute approximate surface area is 202 Å². The van der Waals surface area contributed by atoms with Crippen LogP contribution in [0.4, 0.5) is 0 Å². The minimum Gasteiger partial charge on any atom is -0.454 e. The van der Waals surface area contributed by atoms with Crippen LogP contribution in [0.25, 0.3) is 21.8 Å². The number of hydrogen-bond acceptors (Lipinski definition) is 6. The molecule has 0 saturated carbocycles. The van der Waals surface area contributed by atoms with Crippen molar-refractivity contribution >= 4 is 27.7 Å². The number of aromatic nitrogens is 3. The van der Waals surface area contributed by atoms with Crippen LogP contribution in [0.1, 0.15) is 18.5 Å². The molecule has 2 aromatic carbocycles. The Morgan fingerprint density at radius 3 is 2.63 bits per heavy atom. The molecule has 0 spiro atoms. The molecule has 0 radical (unpaired) electrons. The number of benzene rings is 2. The molecule has 1 atom stereocenters. The Bertz CT molecular complexity index is 1500. The molecule has 1 amide bonds. The summed E-state index contributed by atoms with van der Waals surface area (Å²) < 4.78 is 14.1. The van der Waals surface area contributed by atoms with Gasteiger partial charge in [0.05, 0.1) is 11.7 Å². The number of rotatable bonds is 4. The maximum Gasteiger partial charge on any atom is 0.291 e. The monoisotopic (exact) mass is 473 g/mol. The van der Waals surface area contributed by atoms with Crippen LogP contribution >= 0.6 is 0 Å². The zero-order chi connectivity index (χ0) is 24.1. The largest absolute Gasteiger partial charge is 0.454 e. The van der Waals surface area contributed by atoms with Crippen molar-refractivity contribution in [3.8, 4) is 11.5 Å². The van der Waals surface area contributed by atoms with Crippen molar-refractivity contribution in [2.75, 3.05) is 33.0 Å². The fraction of sp³-hybridized carbons (Fsp3) is 0.346. The third-order valence-corrected chi connectivity index (χ3v) is 7.08. The number of piperazine rings is 1. The fourth-order valence-corrected chi connectivity index (χ4v) is 5.19. The van der Waals surface area contributed by atoms with E-state index in [-0.39, 0.29) is 18.3 Å². The van der Waals surface area contributed by atoms with Crippen LogP contribution in [0.3, 0.4) is 0 Å². The van der Waals surface area contributed by atoms with Crippen molar-refractivity contribution < 1.29 is 14.3 Å². The number of aryl methyl sites for hydroxylation is 1. The van der Waals surface area contributed by atoms with Crippen molar-refractivity contribution in [2.45, 2.75) is 19.5 Å². The molecular weight excluding hydrogens is 446 g/mol. The van der Waals surface area contributed by atoms with Crippen LogP contribution in [-0.4, -0.2) is 63.0 Å². The normalized spacial score (nSPS) is 16.8. The van der Waals surface area contributed by atoms with E-state index >= 15 is 0 Å². The lowest BCUT2D eigenvalue weighted by atomic mass is 10.1. The van der Waals surface area contributed by atoms with Crippen molar-refractivity contribution in [1.29, 1.82) is 0 Å². The van der Waals surface area contributed by atoms with E-state index < -0.39 is 6.04 Å². The quantitative estimate of drug-likeness (QED) is 0.453. The molecule has 1 saturated heterocycles. The first-order valence-corrected chi connectivity index (χ1v) is 11.9. The number of amides is 1. The molecule has 9 heteroatoms. The van der Waals surface area contributed by atoms with E-state index in [0.717, 1.165) is 53.0 Å². The molecule has 6 rings (SSSR count). The molecular formula is C26H27N5O4. The number of carbonyl (C=O) groups excluding carboxylic acids is 1. The van der Waals surface area contributed by atoms with E-state index in [1.54, 1.807) is 13.2 Å². The minimum atomic E-state index is -0.507. The topological polar surface area (TPSA) is 81.8 Å². The van der Waals surface area contributed by atoms with Gasteiger partial charge in [0, 0.05) is 50.5 Å². The highest BCUT2D eigenvalue weighted by molar-refractivity contribution is 6.08. The van der Waals surface area contributed by atoms with Gasteiger partial charge in [0.2, 0.25) is 12.7 Å². The molecule has 4 heterocycles. The van der Waals surface area contributed by atoms with Crippen molar-refractivity contribution in [1.82, 2.24) is 24.1 Å². The van der Waals surface area contributed by atoms with Gasteiger partial charge in [0.15, 0.2) is 11.5 Å². The smallest absolute Gasteiger partial charge is 0.291 e. The van der Waals surface area contributed by atoms with Crippen LogP contribution in [0.2, 0.25) is 0 Å². The van der Waals surface area contributed by atoms with E-state index in [1.807, 2.05) is 52.8 Å². The predicted octanol–water partition coefficient (Wildman–Crippen LogP) is 2.52. The summed E-state index contributed by atoms with van der Waals surface area (Å²) in [6.45, 7) is 5.80. The van der Waals surface area contributed by atoms with Gasteiger partial charge < -0.3 is 18.9 Å². The predicted molar refractivity (Wildman–Crippen MR) is 132 cm³/mol. The first-order valence-electron chi connectivity index (χ1n) is 11.9. The Kier molecular flexibility index (Phi) is 5.21. The molecule has 0 N–H and O–H groups in total. The van der Waals surface area contributed by atoms with Gasteiger partial charge in [0.1, 0.15) is 11.6 Å². The summed E-state index contributed by atoms with van der Waals surface area (Å²) in [6, 6.07) is 13.3. The number of para-hydroxylation sites is 1. The van der Waals surface area contributed by atoms with Gasteiger partial charge in [-0.3, -0.25) is 14.5 Å². The van der Waals surface area contributed by atoms with Gasteiger partial charge in [-0.25, -0.2) is 4.68 Å². The van der Waals surface area contributed by atoms with E-state index in [1.165, 1.54) is 4.68 Å². The molecule has 2 aliphatic heterocycles. The second-order valence-corrected chi connectivity index (χ2v) is 9.19. The number of ether oxygens (including phenoxy) is 2. The zero-order valence-corrected chi connectivity index (χ0v) is 19.8. The second kappa shape index (κ2) is 8.42. The molecule has 2 aliphatic rings. The summed E-state index contributed by atoms with van der Waals surface area (Å²) in [4.78, 5) is 30.9. The van der Waals surface area contributed by atoms with E-state index in [4.69, 9.17) is 9.47 Å². The van der Waals surface area contributed by atoms with E-state index in [9.17, 15) is 9.59 Å². The van der Waals surface area contributed by atoms with Gasteiger partial charge >= 0.3 is 0 Å². The molecule has 0 bridgehead atoms. The zero-order valence-electron chi connectivity index (χ0n) is 19.8. The van der Waals surface area contributed by atoms with Gasteiger partial charge in [-0.2, -0.15) is 5.10 Å². The molecule has 2 aromatic heterocycles. The summed E-state index contributed by atoms with van der Waals surface area (Å²) >= 11 is 0. The van der Waals surface area contributed by atoms with Gasteiger partial charge in [-0.1, -0.05) is 24.3 Å². The lowest BCUT2D eigenvalue weighted by molar-refractivity contribution is -0.135. The van der Waals surface area contributed by atoms with Crippen LogP contribution in [0, 0.1) is 0 Å². The maximum absolute atomic E-state index is 13.6. The number of hydrogen-bond donors (Lipinski definition) is 0. The molecule has 35 heavy (non-hydrogen) atoms. The Morgan fingerprint density at radius 2 is 1.80 bits per heavy atom.